The molecule has 19 heavy (non-hydrogen) atoms. The van der Waals surface area contributed by atoms with Gasteiger partial charge in [-0.05, 0) is 37.5 Å². The highest BCUT2D eigenvalue weighted by Crippen LogP contribution is 2.29. The quantitative estimate of drug-likeness (QED) is 0.918. The van der Waals surface area contributed by atoms with Gasteiger partial charge < -0.3 is 10.1 Å². The van der Waals surface area contributed by atoms with Crippen molar-refractivity contribution < 1.29 is 4.74 Å². The van der Waals surface area contributed by atoms with Crippen molar-refractivity contribution >= 4 is 17.3 Å². The summed E-state index contributed by atoms with van der Waals surface area (Å²) in [7, 11) is 0. The second-order valence-electron chi connectivity index (χ2n) is 5.38. The lowest BCUT2D eigenvalue weighted by Gasteiger charge is -2.37. The second kappa shape index (κ2) is 6.12. The molecule has 2 fully saturated rings. The Morgan fingerprint density at radius 2 is 2.32 bits per heavy atom. The first kappa shape index (κ1) is 13.2. The fraction of sp³-hybridized carbons (Fsp3) is 0.600. The van der Waals surface area contributed by atoms with Crippen LogP contribution >= 0.6 is 11.6 Å². The van der Waals surface area contributed by atoms with Crippen LogP contribution in [-0.4, -0.2) is 43.3 Å². The van der Waals surface area contributed by atoms with Gasteiger partial charge in [-0.2, -0.15) is 0 Å². The molecule has 1 aromatic carbocycles. The molecule has 2 aliphatic rings. The van der Waals surface area contributed by atoms with Crippen molar-refractivity contribution in [1.82, 2.24) is 4.90 Å². The van der Waals surface area contributed by atoms with Crippen LogP contribution in [0, 0.1) is 0 Å². The van der Waals surface area contributed by atoms with E-state index in [0.717, 1.165) is 37.0 Å². The Balaban J connectivity index is 1.49. The Bertz CT molecular complexity index is 426. The highest BCUT2D eigenvalue weighted by atomic mass is 35.5. The number of nitrogens with zero attached hydrogens (tertiary/aromatic N) is 1. The van der Waals surface area contributed by atoms with Gasteiger partial charge in [-0.3, -0.25) is 4.90 Å². The van der Waals surface area contributed by atoms with Crippen LogP contribution < -0.4 is 5.32 Å². The Hall–Kier alpha value is -0.770. The SMILES string of the molecule is Clc1cccc(NCCN2CCOC3CCCC32)c1. The van der Waals surface area contributed by atoms with Gasteiger partial charge in [-0.25, -0.2) is 0 Å². The third-order valence-corrected chi connectivity index (χ3v) is 4.38. The smallest absolute Gasteiger partial charge is 0.0730 e. The zero-order valence-electron chi connectivity index (χ0n) is 11.1. The maximum atomic E-state index is 5.98. The molecule has 1 N–H and O–H groups in total. The molecular weight excluding hydrogens is 260 g/mol. The Labute approximate surface area is 119 Å². The van der Waals surface area contributed by atoms with Crippen LogP contribution in [0.25, 0.3) is 0 Å². The van der Waals surface area contributed by atoms with Gasteiger partial charge in [0.2, 0.25) is 0 Å². The van der Waals surface area contributed by atoms with E-state index in [1.165, 1.54) is 19.3 Å². The maximum absolute atomic E-state index is 5.98. The summed E-state index contributed by atoms with van der Waals surface area (Å²) in [6.45, 7) is 4.00. The summed E-state index contributed by atoms with van der Waals surface area (Å²) in [6.07, 6.45) is 4.33. The van der Waals surface area contributed by atoms with Crippen molar-refractivity contribution in [2.75, 3.05) is 31.6 Å². The highest BCUT2D eigenvalue weighted by molar-refractivity contribution is 6.30. The highest BCUT2D eigenvalue weighted by Gasteiger charge is 2.35. The number of rotatable bonds is 4. The van der Waals surface area contributed by atoms with Crippen molar-refractivity contribution in [3.05, 3.63) is 29.3 Å². The van der Waals surface area contributed by atoms with E-state index in [-0.39, 0.29) is 0 Å². The Morgan fingerprint density at radius 3 is 3.21 bits per heavy atom. The van der Waals surface area contributed by atoms with E-state index in [0.29, 0.717) is 12.1 Å². The molecule has 3 nitrogen and oxygen atoms in total. The number of halogens is 1. The minimum Gasteiger partial charge on any atom is -0.384 e. The lowest BCUT2D eigenvalue weighted by molar-refractivity contribution is -0.0539. The molecule has 0 radical (unpaired) electrons. The molecule has 2 unspecified atom stereocenters. The number of anilines is 1. The minimum absolute atomic E-state index is 0.486. The fourth-order valence-corrected chi connectivity index (χ4v) is 3.42. The molecule has 3 rings (SSSR count). The number of hydrogen-bond acceptors (Lipinski definition) is 3. The summed E-state index contributed by atoms with van der Waals surface area (Å²) in [5, 5.41) is 4.23. The molecule has 0 amide bonds. The monoisotopic (exact) mass is 280 g/mol. The Kier molecular flexibility index (Phi) is 4.26. The van der Waals surface area contributed by atoms with Crippen LogP contribution in [0.3, 0.4) is 0 Å². The summed E-state index contributed by atoms with van der Waals surface area (Å²) in [5.41, 5.74) is 1.10. The average Bonchev–Trinajstić information content (AvgIpc) is 2.88. The second-order valence-corrected chi connectivity index (χ2v) is 5.82. The molecule has 1 heterocycles. The van der Waals surface area contributed by atoms with E-state index in [9.17, 15) is 0 Å². The van der Waals surface area contributed by atoms with Crippen LogP contribution in [0.2, 0.25) is 5.02 Å². The van der Waals surface area contributed by atoms with Gasteiger partial charge >= 0.3 is 0 Å². The minimum atomic E-state index is 0.486. The lowest BCUT2D eigenvalue weighted by atomic mass is 10.1. The number of morpholine rings is 1. The fourth-order valence-electron chi connectivity index (χ4n) is 3.23. The van der Waals surface area contributed by atoms with E-state index < -0.39 is 0 Å². The van der Waals surface area contributed by atoms with Gasteiger partial charge in [0.25, 0.3) is 0 Å². The average molecular weight is 281 g/mol. The first-order valence-electron chi connectivity index (χ1n) is 7.18. The summed E-state index contributed by atoms with van der Waals surface area (Å²) in [5.74, 6) is 0. The summed E-state index contributed by atoms with van der Waals surface area (Å²) < 4.78 is 5.83. The van der Waals surface area contributed by atoms with Crippen LogP contribution in [0.5, 0.6) is 0 Å². The molecule has 1 aliphatic heterocycles. The number of nitrogens with one attached hydrogen (secondary N) is 1. The van der Waals surface area contributed by atoms with Crippen molar-refractivity contribution in [3.63, 3.8) is 0 Å². The largest absolute Gasteiger partial charge is 0.384 e. The lowest BCUT2D eigenvalue weighted by Crippen LogP contribution is -2.49. The number of benzene rings is 1. The predicted octanol–water partition coefficient (Wildman–Crippen LogP) is 3.01. The molecule has 0 bridgehead atoms. The number of ether oxygens (including phenoxy) is 1. The molecular formula is C15H21ClN2O. The van der Waals surface area contributed by atoms with Crippen LogP contribution in [0.4, 0.5) is 5.69 Å². The van der Waals surface area contributed by atoms with E-state index >= 15 is 0 Å². The van der Waals surface area contributed by atoms with Crippen molar-refractivity contribution in [2.45, 2.75) is 31.4 Å². The molecule has 4 heteroatoms. The van der Waals surface area contributed by atoms with Gasteiger partial charge in [0.05, 0.1) is 12.7 Å². The topological polar surface area (TPSA) is 24.5 Å². The summed E-state index contributed by atoms with van der Waals surface area (Å²) in [4.78, 5) is 2.58. The van der Waals surface area contributed by atoms with Gasteiger partial charge in [0.15, 0.2) is 0 Å². The summed E-state index contributed by atoms with van der Waals surface area (Å²) in [6, 6.07) is 8.56. The first-order valence-corrected chi connectivity index (χ1v) is 7.56. The predicted molar refractivity (Wildman–Crippen MR) is 78.9 cm³/mol. The molecule has 2 atom stereocenters. The van der Waals surface area contributed by atoms with Crippen molar-refractivity contribution in [1.29, 1.82) is 0 Å². The molecule has 0 aromatic heterocycles. The van der Waals surface area contributed by atoms with Crippen LogP contribution in [-0.2, 0) is 4.74 Å². The van der Waals surface area contributed by atoms with Gasteiger partial charge in [-0.15, -0.1) is 0 Å². The van der Waals surface area contributed by atoms with Crippen molar-refractivity contribution in [2.24, 2.45) is 0 Å². The summed E-state index contributed by atoms with van der Waals surface area (Å²) >= 11 is 5.98. The normalized spacial score (nSPS) is 27.2. The molecule has 1 aliphatic carbocycles. The van der Waals surface area contributed by atoms with E-state index in [1.807, 2.05) is 18.2 Å². The number of fused-ring (bicyclic) bond motifs is 1. The molecule has 1 aromatic rings. The van der Waals surface area contributed by atoms with Crippen LogP contribution in [0.1, 0.15) is 19.3 Å². The first-order chi connectivity index (χ1) is 9.33. The van der Waals surface area contributed by atoms with Gasteiger partial charge in [0.1, 0.15) is 0 Å². The third kappa shape index (κ3) is 3.22. The number of hydrogen-bond donors (Lipinski definition) is 1. The van der Waals surface area contributed by atoms with Gasteiger partial charge in [0, 0.05) is 36.4 Å². The van der Waals surface area contributed by atoms with E-state index in [4.69, 9.17) is 16.3 Å². The van der Waals surface area contributed by atoms with E-state index in [2.05, 4.69) is 16.3 Å². The zero-order chi connectivity index (χ0) is 13.1. The van der Waals surface area contributed by atoms with Crippen molar-refractivity contribution in [3.8, 4) is 0 Å². The standard InChI is InChI=1S/C15H21ClN2O/c16-12-3-1-4-13(11-12)17-7-8-18-9-10-19-15-6-2-5-14(15)18/h1,3-4,11,14-15,17H,2,5-10H2. The van der Waals surface area contributed by atoms with Crippen LogP contribution in [0.15, 0.2) is 24.3 Å². The molecule has 1 saturated carbocycles. The molecule has 1 saturated heterocycles. The van der Waals surface area contributed by atoms with Gasteiger partial charge in [-0.1, -0.05) is 17.7 Å². The van der Waals surface area contributed by atoms with E-state index in [1.54, 1.807) is 0 Å². The molecule has 104 valence electrons. The maximum Gasteiger partial charge on any atom is 0.0730 e. The third-order valence-electron chi connectivity index (χ3n) is 4.15. The molecule has 0 spiro atoms. The Morgan fingerprint density at radius 1 is 1.37 bits per heavy atom. The zero-order valence-corrected chi connectivity index (χ0v) is 11.9.